The van der Waals surface area contributed by atoms with Crippen LogP contribution in [0.4, 0.5) is 0 Å². The highest BCUT2D eigenvalue weighted by Crippen LogP contribution is 2.05. The molecular formula is C16H25N5O6. The third-order valence-electron chi connectivity index (χ3n) is 3.67. The molecule has 0 fully saturated rings. The van der Waals surface area contributed by atoms with Crippen LogP contribution in [0, 0.1) is 5.92 Å². The molecule has 27 heavy (non-hydrogen) atoms. The number of hydrogen-bond donors (Lipinski definition) is 6. The molecule has 0 aromatic carbocycles. The number of aliphatic carboxylic acids is 2. The standard InChI is InChI=1S/C16H25N5O6/c1-8(2)3-10(17)14(24)20-11(5-13(22)23)15(25)21-12(16(26)27)4-9-6-18-7-19-9/h6-8,10-12H,3-5,17H2,1-2H3,(H,18,19)(H,20,24)(H,21,25)(H,22,23)(H,26,27). The Balaban J connectivity index is 2.81. The maximum Gasteiger partial charge on any atom is 0.326 e. The van der Waals surface area contributed by atoms with Crippen molar-refractivity contribution in [2.45, 2.75) is 51.2 Å². The second-order valence-corrected chi connectivity index (χ2v) is 6.58. The molecule has 0 saturated heterocycles. The Bertz CT molecular complexity index is 660. The van der Waals surface area contributed by atoms with Crippen LogP contribution in [-0.4, -0.2) is 62.1 Å². The number of aromatic nitrogens is 2. The topological polar surface area (TPSA) is 188 Å². The molecule has 0 bridgehead atoms. The summed E-state index contributed by atoms with van der Waals surface area (Å²) < 4.78 is 0. The van der Waals surface area contributed by atoms with Gasteiger partial charge in [0.25, 0.3) is 0 Å². The number of nitrogens with one attached hydrogen (secondary N) is 3. The molecule has 1 heterocycles. The predicted octanol–water partition coefficient (Wildman–Crippen LogP) is -1.15. The molecule has 11 heteroatoms. The maximum atomic E-state index is 12.4. The first-order chi connectivity index (χ1) is 12.6. The van der Waals surface area contributed by atoms with Gasteiger partial charge in [-0.2, -0.15) is 0 Å². The summed E-state index contributed by atoms with van der Waals surface area (Å²) >= 11 is 0. The summed E-state index contributed by atoms with van der Waals surface area (Å²) in [5.41, 5.74) is 6.21. The number of aromatic amines is 1. The van der Waals surface area contributed by atoms with E-state index in [9.17, 15) is 24.3 Å². The van der Waals surface area contributed by atoms with Gasteiger partial charge in [-0.1, -0.05) is 13.8 Å². The summed E-state index contributed by atoms with van der Waals surface area (Å²) in [6.45, 7) is 3.73. The largest absolute Gasteiger partial charge is 0.481 e. The summed E-state index contributed by atoms with van der Waals surface area (Å²) in [6.07, 6.45) is 2.33. The summed E-state index contributed by atoms with van der Waals surface area (Å²) in [5, 5.41) is 22.8. The smallest absolute Gasteiger partial charge is 0.326 e. The number of carboxylic acid groups (broad SMARTS) is 2. The molecule has 1 aromatic heterocycles. The van der Waals surface area contributed by atoms with Crippen LogP contribution in [0.3, 0.4) is 0 Å². The number of amides is 2. The average Bonchev–Trinajstić information content (AvgIpc) is 3.05. The molecule has 0 aliphatic rings. The zero-order valence-corrected chi connectivity index (χ0v) is 15.1. The van der Waals surface area contributed by atoms with Crippen LogP contribution in [0.15, 0.2) is 12.5 Å². The normalized spacial score (nSPS) is 14.2. The number of carbonyl (C=O) groups is 4. The first kappa shape index (κ1) is 22.1. The molecule has 150 valence electrons. The van der Waals surface area contributed by atoms with E-state index in [-0.39, 0.29) is 12.3 Å². The van der Waals surface area contributed by atoms with Gasteiger partial charge in [0.2, 0.25) is 11.8 Å². The van der Waals surface area contributed by atoms with Gasteiger partial charge in [-0.15, -0.1) is 0 Å². The molecule has 11 nitrogen and oxygen atoms in total. The van der Waals surface area contributed by atoms with Crippen LogP contribution in [0.2, 0.25) is 0 Å². The van der Waals surface area contributed by atoms with Gasteiger partial charge >= 0.3 is 11.9 Å². The van der Waals surface area contributed by atoms with Crippen molar-refractivity contribution < 1.29 is 29.4 Å². The third-order valence-corrected chi connectivity index (χ3v) is 3.67. The number of nitrogens with zero attached hydrogens (tertiary/aromatic N) is 1. The number of carbonyl (C=O) groups excluding carboxylic acids is 2. The summed E-state index contributed by atoms with van der Waals surface area (Å²) in [5.74, 6) is -4.11. The highest BCUT2D eigenvalue weighted by atomic mass is 16.4. The molecule has 3 unspecified atom stereocenters. The molecule has 7 N–H and O–H groups in total. The van der Waals surface area contributed by atoms with Gasteiger partial charge in [-0.3, -0.25) is 14.4 Å². The number of nitrogens with two attached hydrogens (primary N) is 1. The number of hydrogen-bond acceptors (Lipinski definition) is 6. The van der Waals surface area contributed by atoms with Gasteiger partial charge in [0.1, 0.15) is 12.1 Å². The van der Waals surface area contributed by atoms with E-state index in [1.807, 2.05) is 13.8 Å². The zero-order chi connectivity index (χ0) is 20.6. The van der Waals surface area contributed by atoms with Crippen LogP contribution < -0.4 is 16.4 Å². The van der Waals surface area contributed by atoms with Gasteiger partial charge in [-0.05, 0) is 12.3 Å². The highest BCUT2D eigenvalue weighted by Gasteiger charge is 2.30. The van der Waals surface area contributed by atoms with Gasteiger partial charge in [-0.25, -0.2) is 9.78 Å². The molecule has 0 aliphatic carbocycles. The van der Waals surface area contributed by atoms with Crippen LogP contribution >= 0.6 is 0 Å². The van der Waals surface area contributed by atoms with Crippen molar-refractivity contribution in [3.63, 3.8) is 0 Å². The Kier molecular flexibility index (Phi) is 8.39. The van der Waals surface area contributed by atoms with Gasteiger partial charge < -0.3 is 31.6 Å². The predicted molar refractivity (Wildman–Crippen MR) is 93.5 cm³/mol. The summed E-state index contributed by atoms with van der Waals surface area (Å²) in [4.78, 5) is 53.4. The minimum Gasteiger partial charge on any atom is -0.481 e. The van der Waals surface area contributed by atoms with Gasteiger partial charge in [0, 0.05) is 18.3 Å². The first-order valence-electron chi connectivity index (χ1n) is 8.38. The summed E-state index contributed by atoms with van der Waals surface area (Å²) in [6, 6.07) is -3.68. The lowest BCUT2D eigenvalue weighted by Crippen LogP contribution is -2.55. The van der Waals surface area contributed by atoms with Crippen LogP contribution in [0.1, 0.15) is 32.4 Å². The lowest BCUT2D eigenvalue weighted by molar-refractivity contribution is -0.143. The number of rotatable bonds is 11. The molecule has 2 amide bonds. The fourth-order valence-corrected chi connectivity index (χ4v) is 2.37. The van der Waals surface area contributed by atoms with E-state index >= 15 is 0 Å². The van der Waals surface area contributed by atoms with Crippen molar-refractivity contribution in [3.05, 3.63) is 18.2 Å². The molecule has 0 aliphatic heterocycles. The van der Waals surface area contributed by atoms with Crippen molar-refractivity contribution in [1.29, 1.82) is 0 Å². The van der Waals surface area contributed by atoms with E-state index in [2.05, 4.69) is 20.6 Å². The minimum atomic E-state index is -1.45. The lowest BCUT2D eigenvalue weighted by Gasteiger charge is -2.22. The van der Waals surface area contributed by atoms with Crippen molar-refractivity contribution in [1.82, 2.24) is 20.6 Å². The summed E-state index contributed by atoms with van der Waals surface area (Å²) in [7, 11) is 0. The molecular weight excluding hydrogens is 358 g/mol. The van der Waals surface area contributed by atoms with Gasteiger partial charge in [0.15, 0.2) is 0 Å². The Morgan fingerprint density at radius 1 is 1.15 bits per heavy atom. The van der Waals surface area contributed by atoms with Crippen molar-refractivity contribution in [2.75, 3.05) is 0 Å². The average molecular weight is 383 g/mol. The minimum absolute atomic E-state index is 0.0817. The van der Waals surface area contributed by atoms with Gasteiger partial charge in [0.05, 0.1) is 18.8 Å². The monoisotopic (exact) mass is 383 g/mol. The van der Waals surface area contributed by atoms with E-state index in [0.29, 0.717) is 12.1 Å². The second kappa shape index (κ2) is 10.3. The zero-order valence-electron chi connectivity index (χ0n) is 15.1. The van der Waals surface area contributed by atoms with Crippen molar-refractivity contribution in [3.8, 4) is 0 Å². The molecule has 0 radical (unpaired) electrons. The molecule has 0 saturated carbocycles. The Hall–Kier alpha value is -2.95. The van der Waals surface area contributed by atoms with Crippen molar-refractivity contribution >= 4 is 23.8 Å². The fraction of sp³-hybridized carbons (Fsp3) is 0.562. The van der Waals surface area contributed by atoms with Crippen LogP contribution in [0.5, 0.6) is 0 Å². The first-order valence-corrected chi connectivity index (χ1v) is 8.38. The Morgan fingerprint density at radius 2 is 1.78 bits per heavy atom. The van der Waals surface area contributed by atoms with E-state index in [4.69, 9.17) is 10.8 Å². The Labute approximate surface area is 155 Å². The molecule has 0 spiro atoms. The van der Waals surface area contributed by atoms with E-state index in [1.54, 1.807) is 0 Å². The van der Waals surface area contributed by atoms with Crippen LogP contribution in [-0.2, 0) is 25.6 Å². The van der Waals surface area contributed by atoms with E-state index in [1.165, 1.54) is 12.5 Å². The van der Waals surface area contributed by atoms with Crippen molar-refractivity contribution in [2.24, 2.45) is 11.7 Å². The third kappa shape index (κ3) is 7.86. The Morgan fingerprint density at radius 3 is 2.26 bits per heavy atom. The van der Waals surface area contributed by atoms with Crippen LogP contribution in [0.25, 0.3) is 0 Å². The molecule has 1 aromatic rings. The number of H-pyrrole nitrogens is 1. The maximum absolute atomic E-state index is 12.4. The number of carboxylic acids is 2. The highest BCUT2D eigenvalue weighted by molar-refractivity contribution is 5.93. The molecule has 3 atom stereocenters. The second-order valence-electron chi connectivity index (χ2n) is 6.58. The lowest BCUT2D eigenvalue weighted by atomic mass is 10.0. The number of imidazole rings is 1. The molecule has 1 rings (SSSR count). The fourth-order valence-electron chi connectivity index (χ4n) is 2.37. The quantitative estimate of drug-likeness (QED) is 0.276. The SMILES string of the molecule is CC(C)CC(N)C(=O)NC(CC(=O)O)C(=O)NC(Cc1cnc[nH]1)C(=O)O. The van der Waals surface area contributed by atoms with E-state index in [0.717, 1.165) is 0 Å². The van der Waals surface area contributed by atoms with E-state index < -0.39 is 48.3 Å².